The molecule has 0 unspecified atom stereocenters. The second-order valence-electron chi connectivity index (χ2n) is 7.03. The second kappa shape index (κ2) is 7.78. The van der Waals surface area contributed by atoms with Gasteiger partial charge in [-0.05, 0) is 62.4 Å². The third kappa shape index (κ3) is 4.36. The Balaban J connectivity index is 1.90. The molecule has 0 saturated carbocycles. The average molecular weight is 390 g/mol. The average Bonchev–Trinajstić information content (AvgIpc) is 2.64. The summed E-state index contributed by atoms with van der Waals surface area (Å²) in [6.45, 7) is 7.50. The Bertz CT molecular complexity index is 920. The van der Waals surface area contributed by atoms with Gasteiger partial charge in [0.1, 0.15) is 5.75 Å². The van der Waals surface area contributed by atoms with Gasteiger partial charge in [-0.15, -0.1) is 0 Å². The number of likely N-dealkylation sites (N-methyl/N-ethyl adjacent to an activating group) is 1. The van der Waals surface area contributed by atoms with Gasteiger partial charge < -0.3 is 14.5 Å². The van der Waals surface area contributed by atoms with Crippen molar-refractivity contribution in [2.24, 2.45) is 0 Å². The smallest absolute Gasteiger partial charge is 0.261 e. The van der Waals surface area contributed by atoms with Gasteiger partial charge in [-0.25, -0.2) is 8.42 Å². The number of rotatable bonds is 5. The van der Waals surface area contributed by atoms with Crippen LogP contribution in [0.4, 0.5) is 11.4 Å². The van der Waals surface area contributed by atoms with Gasteiger partial charge >= 0.3 is 0 Å². The number of nitrogens with one attached hydrogen (secondary N) is 1. The molecule has 0 bridgehead atoms. The lowest BCUT2D eigenvalue weighted by atomic mass is 10.1. The first-order valence-electron chi connectivity index (χ1n) is 9.02. The van der Waals surface area contributed by atoms with Crippen LogP contribution in [0.25, 0.3) is 0 Å². The molecule has 7 heteroatoms. The van der Waals surface area contributed by atoms with E-state index >= 15 is 0 Å². The predicted octanol–water partition coefficient (Wildman–Crippen LogP) is 2.86. The molecule has 0 amide bonds. The second-order valence-corrected chi connectivity index (χ2v) is 8.71. The summed E-state index contributed by atoms with van der Waals surface area (Å²) in [5.74, 6) is 0.685. The zero-order chi connectivity index (χ0) is 19.6. The van der Waals surface area contributed by atoms with Crippen LogP contribution in [-0.4, -0.2) is 53.7 Å². The van der Waals surface area contributed by atoms with Crippen molar-refractivity contribution in [1.82, 2.24) is 4.90 Å². The molecular formula is C20H27N3O3S. The van der Waals surface area contributed by atoms with Crippen molar-refractivity contribution in [2.75, 3.05) is 50.0 Å². The van der Waals surface area contributed by atoms with E-state index < -0.39 is 10.0 Å². The van der Waals surface area contributed by atoms with E-state index in [1.54, 1.807) is 31.4 Å². The van der Waals surface area contributed by atoms with Crippen LogP contribution in [0.3, 0.4) is 0 Å². The van der Waals surface area contributed by atoms with Gasteiger partial charge in [-0.1, -0.05) is 6.07 Å². The number of hydrogen-bond donors (Lipinski definition) is 1. The molecule has 1 fully saturated rings. The summed E-state index contributed by atoms with van der Waals surface area (Å²) in [6.07, 6.45) is 0. The van der Waals surface area contributed by atoms with Crippen LogP contribution in [0.1, 0.15) is 11.1 Å². The Hall–Kier alpha value is -2.25. The molecule has 27 heavy (non-hydrogen) atoms. The molecule has 6 nitrogen and oxygen atoms in total. The normalized spacial score (nSPS) is 15.6. The van der Waals surface area contributed by atoms with E-state index in [1.807, 2.05) is 26.0 Å². The highest BCUT2D eigenvalue weighted by Crippen LogP contribution is 2.32. The van der Waals surface area contributed by atoms with Crippen LogP contribution in [0.15, 0.2) is 41.3 Å². The van der Waals surface area contributed by atoms with Crippen molar-refractivity contribution in [1.29, 1.82) is 0 Å². The molecule has 0 spiro atoms. The maximum atomic E-state index is 12.9. The molecule has 0 aliphatic carbocycles. The molecule has 1 aliphatic heterocycles. The summed E-state index contributed by atoms with van der Waals surface area (Å²) in [7, 11) is 0.0113. The largest absolute Gasteiger partial charge is 0.495 e. The van der Waals surface area contributed by atoms with Crippen LogP contribution < -0.4 is 14.4 Å². The minimum Gasteiger partial charge on any atom is -0.495 e. The van der Waals surface area contributed by atoms with Crippen LogP contribution in [0.5, 0.6) is 5.75 Å². The number of benzene rings is 2. The molecule has 0 aromatic heterocycles. The Kier molecular flexibility index (Phi) is 5.62. The minimum absolute atomic E-state index is 0.232. The van der Waals surface area contributed by atoms with Gasteiger partial charge in [0, 0.05) is 31.9 Å². The Morgan fingerprint density at radius 1 is 0.963 bits per heavy atom. The first-order chi connectivity index (χ1) is 12.8. The van der Waals surface area contributed by atoms with Crippen molar-refractivity contribution in [3.8, 4) is 5.75 Å². The number of sulfonamides is 1. The van der Waals surface area contributed by atoms with Crippen molar-refractivity contribution >= 4 is 21.4 Å². The lowest BCUT2D eigenvalue weighted by Crippen LogP contribution is -2.44. The summed E-state index contributed by atoms with van der Waals surface area (Å²) in [5.41, 5.74) is 3.55. The lowest BCUT2D eigenvalue weighted by Gasteiger charge is -2.34. The molecule has 2 aromatic rings. The highest BCUT2D eigenvalue weighted by atomic mass is 32.2. The quantitative estimate of drug-likeness (QED) is 0.852. The van der Waals surface area contributed by atoms with E-state index in [4.69, 9.17) is 4.74 Å². The molecule has 0 radical (unpaired) electrons. The molecular weight excluding hydrogens is 362 g/mol. The fourth-order valence-electron chi connectivity index (χ4n) is 3.15. The monoisotopic (exact) mass is 389 g/mol. The van der Waals surface area contributed by atoms with Crippen molar-refractivity contribution < 1.29 is 13.2 Å². The highest BCUT2D eigenvalue weighted by molar-refractivity contribution is 7.92. The Morgan fingerprint density at radius 3 is 2.30 bits per heavy atom. The molecule has 3 rings (SSSR count). The molecule has 1 aliphatic rings. The van der Waals surface area contributed by atoms with Gasteiger partial charge in [-0.2, -0.15) is 0 Å². The topological polar surface area (TPSA) is 61.9 Å². The third-order valence-corrected chi connectivity index (χ3v) is 6.44. The number of aryl methyl sites for hydroxylation is 2. The van der Waals surface area contributed by atoms with Gasteiger partial charge in [0.25, 0.3) is 10.0 Å². The zero-order valence-electron chi connectivity index (χ0n) is 16.3. The number of methoxy groups -OCH3 is 1. The molecule has 1 saturated heterocycles. The van der Waals surface area contributed by atoms with E-state index in [1.165, 1.54) is 0 Å². The zero-order valence-corrected chi connectivity index (χ0v) is 17.1. The number of ether oxygens (including phenoxy) is 1. The van der Waals surface area contributed by atoms with Crippen LogP contribution in [0.2, 0.25) is 0 Å². The molecule has 1 N–H and O–H groups in total. The van der Waals surface area contributed by atoms with E-state index in [0.29, 0.717) is 11.4 Å². The third-order valence-electron chi connectivity index (χ3n) is 5.06. The number of nitrogens with zero attached hydrogens (tertiary/aromatic N) is 2. The fraction of sp³-hybridized carbons (Fsp3) is 0.400. The Morgan fingerprint density at radius 2 is 1.67 bits per heavy atom. The summed E-state index contributed by atoms with van der Waals surface area (Å²) in [6, 6.07) is 10.6. The summed E-state index contributed by atoms with van der Waals surface area (Å²) in [5, 5.41) is 0. The minimum atomic E-state index is -3.68. The van der Waals surface area contributed by atoms with Crippen molar-refractivity contribution in [3.05, 3.63) is 47.5 Å². The summed E-state index contributed by atoms with van der Waals surface area (Å²) >= 11 is 0. The molecule has 0 atom stereocenters. The fourth-order valence-corrected chi connectivity index (χ4v) is 4.22. The predicted molar refractivity (Wildman–Crippen MR) is 109 cm³/mol. The standard InChI is InChI=1S/C20H27N3O3S/c1-15-5-6-17(13-16(15)2)21-27(24,25)18-7-8-20(26-4)19(14-18)23-11-9-22(3)10-12-23/h5-8,13-14,21H,9-12H2,1-4H3. The summed E-state index contributed by atoms with van der Waals surface area (Å²) in [4.78, 5) is 4.66. The van der Waals surface area contributed by atoms with E-state index in [-0.39, 0.29) is 4.90 Å². The SMILES string of the molecule is COc1ccc(S(=O)(=O)Nc2ccc(C)c(C)c2)cc1N1CCN(C)CC1. The van der Waals surface area contributed by atoms with Gasteiger partial charge in [0.05, 0.1) is 17.7 Å². The van der Waals surface area contributed by atoms with Gasteiger partial charge in [-0.3, -0.25) is 4.72 Å². The lowest BCUT2D eigenvalue weighted by molar-refractivity contribution is 0.311. The van der Waals surface area contributed by atoms with Crippen molar-refractivity contribution in [3.63, 3.8) is 0 Å². The van der Waals surface area contributed by atoms with Gasteiger partial charge in [0.2, 0.25) is 0 Å². The first-order valence-corrected chi connectivity index (χ1v) is 10.5. The van der Waals surface area contributed by atoms with E-state index in [9.17, 15) is 8.42 Å². The number of hydrogen-bond acceptors (Lipinski definition) is 5. The number of anilines is 2. The number of piperazine rings is 1. The maximum Gasteiger partial charge on any atom is 0.261 e. The van der Waals surface area contributed by atoms with E-state index in [2.05, 4.69) is 21.6 Å². The molecule has 146 valence electrons. The molecule has 1 heterocycles. The van der Waals surface area contributed by atoms with E-state index in [0.717, 1.165) is 43.0 Å². The summed E-state index contributed by atoms with van der Waals surface area (Å²) < 4.78 is 34.0. The Labute approximate surface area is 161 Å². The molecule has 2 aromatic carbocycles. The first kappa shape index (κ1) is 19.5. The van der Waals surface area contributed by atoms with Crippen LogP contribution in [-0.2, 0) is 10.0 Å². The van der Waals surface area contributed by atoms with Crippen molar-refractivity contribution in [2.45, 2.75) is 18.7 Å². The van der Waals surface area contributed by atoms with Gasteiger partial charge in [0.15, 0.2) is 0 Å². The van der Waals surface area contributed by atoms with Crippen LogP contribution >= 0.6 is 0 Å². The highest BCUT2D eigenvalue weighted by Gasteiger charge is 2.22. The van der Waals surface area contributed by atoms with Crippen LogP contribution in [0, 0.1) is 13.8 Å². The maximum absolute atomic E-state index is 12.9.